The van der Waals surface area contributed by atoms with Gasteiger partial charge in [-0.25, -0.2) is 8.42 Å². The first-order chi connectivity index (χ1) is 9.42. The molecule has 0 heterocycles. The molecule has 0 aliphatic rings. The van der Waals surface area contributed by atoms with Crippen LogP contribution in [0.25, 0.3) is 0 Å². The maximum atomic E-state index is 12.3. The molecule has 0 aliphatic heterocycles. The second-order valence-corrected chi connectivity index (χ2v) is 6.98. The first kappa shape index (κ1) is 15.0. The van der Waals surface area contributed by atoms with Crippen molar-refractivity contribution in [2.24, 2.45) is 0 Å². The second-order valence-electron chi connectivity index (χ2n) is 4.02. The van der Waals surface area contributed by atoms with E-state index in [0.29, 0.717) is 10.7 Å². The number of thioether (sulfide) groups is 1. The van der Waals surface area contributed by atoms with E-state index in [0.717, 1.165) is 4.90 Å². The Morgan fingerprint density at radius 3 is 2.40 bits per heavy atom. The summed E-state index contributed by atoms with van der Waals surface area (Å²) in [6.07, 6.45) is 1.95. The Bertz CT molecular complexity index is 716. The summed E-state index contributed by atoms with van der Waals surface area (Å²) in [6.45, 7) is 0. The molecule has 106 valence electrons. The van der Waals surface area contributed by atoms with Crippen molar-refractivity contribution in [2.75, 3.05) is 16.7 Å². The Kier molecular flexibility index (Phi) is 4.47. The predicted octanol–water partition coefficient (Wildman–Crippen LogP) is 3.44. The largest absolute Gasteiger partial charge is 0.398 e. The molecule has 0 unspecified atom stereocenters. The van der Waals surface area contributed by atoms with Gasteiger partial charge in [-0.3, -0.25) is 4.72 Å². The van der Waals surface area contributed by atoms with Crippen molar-refractivity contribution in [3.05, 3.63) is 47.5 Å². The van der Waals surface area contributed by atoms with Gasteiger partial charge in [-0.05, 0) is 48.7 Å². The highest BCUT2D eigenvalue weighted by molar-refractivity contribution is 7.98. The fraction of sp³-hybridized carbons (Fsp3) is 0.0769. The lowest BCUT2D eigenvalue weighted by Crippen LogP contribution is -2.14. The summed E-state index contributed by atoms with van der Waals surface area (Å²) in [5, 5.41) is 0.317. The number of nitrogen functional groups attached to an aromatic ring is 1. The summed E-state index contributed by atoms with van der Waals surface area (Å²) in [5.74, 6) is 0. The molecule has 0 bridgehead atoms. The molecule has 2 rings (SSSR count). The summed E-state index contributed by atoms with van der Waals surface area (Å²) in [5.41, 5.74) is 6.32. The summed E-state index contributed by atoms with van der Waals surface area (Å²) in [4.78, 5) is 1.02. The molecule has 0 aliphatic carbocycles. The molecule has 0 amide bonds. The SMILES string of the molecule is CSc1ccc(NS(=O)(=O)c2cc(Cl)ccc2N)cc1. The molecule has 4 nitrogen and oxygen atoms in total. The first-order valence-electron chi connectivity index (χ1n) is 5.64. The summed E-state index contributed by atoms with van der Waals surface area (Å²) in [6, 6.07) is 11.4. The number of anilines is 2. The van der Waals surface area contributed by atoms with Crippen LogP contribution in [-0.2, 0) is 10.0 Å². The number of sulfonamides is 1. The normalized spacial score (nSPS) is 11.3. The van der Waals surface area contributed by atoms with Gasteiger partial charge >= 0.3 is 0 Å². The molecule has 0 aromatic heterocycles. The number of hydrogen-bond donors (Lipinski definition) is 2. The van der Waals surface area contributed by atoms with Crippen molar-refractivity contribution in [2.45, 2.75) is 9.79 Å². The Morgan fingerprint density at radius 2 is 1.80 bits per heavy atom. The highest BCUT2D eigenvalue weighted by atomic mass is 35.5. The van der Waals surface area contributed by atoms with E-state index in [1.54, 1.807) is 30.0 Å². The summed E-state index contributed by atoms with van der Waals surface area (Å²) in [7, 11) is -3.75. The lowest BCUT2D eigenvalue weighted by molar-refractivity contribution is 0.601. The van der Waals surface area contributed by atoms with Crippen molar-refractivity contribution in [3.8, 4) is 0 Å². The standard InChI is InChI=1S/C13H13ClN2O2S2/c1-19-11-5-3-10(4-6-11)16-20(17,18)13-8-9(14)2-7-12(13)15/h2-8,16H,15H2,1H3. The van der Waals surface area contributed by atoms with E-state index in [1.165, 1.54) is 12.1 Å². The number of halogens is 1. The topological polar surface area (TPSA) is 72.2 Å². The maximum Gasteiger partial charge on any atom is 0.263 e. The average Bonchev–Trinajstić information content (AvgIpc) is 2.42. The number of nitrogens with one attached hydrogen (secondary N) is 1. The van der Waals surface area contributed by atoms with Crippen LogP contribution in [0.2, 0.25) is 5.02 Å². The summed E-state index contributed by atoms with van der Waals surface area (Å²) < 4.78 is 27.0. The first-order valence-corrected chi connectivity index (χ1v) is 8.73. The molecule has 20 heavy (non-hydrogen) atoms. The second kappa shape index (κ2) is 5.95. The lowest BCUT2D eigenvalue weighted by atomic mass is 10.3. The van der Waals surface area contributed by atoms with Crippen LogP contribution in [0.1, 0.15) is 0 Å². The zero-order valence-corrected chi connectivity index (χ0v) is 13.0. The highest BCUT2D eigenvalue weighted by Gasteiger charge is 2.18. The highest BCUT2D eigenvalue weighted by Crippen LogP contribution is 2.25. The zero-order valence-electron chi connectivity index (χ0n) is 10.6. The minimum atomic E-state index is -3.75. The van der Waals surface area contributed by atoms with Crippen LogP contribution < -0.4 is 10.5 Å². The third-order valence-corrected chi connectivity index (χ3v) is 5.02. The van der Waals surface area contributed by atoms with E-state index < -0.39 is 10.0 Å². The molecule has 2 aromatic carbocycles. The molecule has 3 N–H and O–H groups in total. The van der Waals surface area contributed by atoms with E-state index in [1.807, 2.05) is 18.4 Å². The smallest absolute Gasteiger partial charge is 0.263 e. The minimum Gasteiger partial charge on any atom is -0.398 e. The van der Waals surface area contributed by atoms with Crippen LogP contribution in [0.5, 0.6) is 0 Å². The van der Waals surface area contributed by atoms with E-state index >= 15 is 0 Å². The van der Waals surface area contributed by atoms with Crippen LogP contribution in [-0.4, -0.2) is 14.7 Å². The minimum absolute atomic E-state index is 0.0288. The molecule has 0 saturated carbocycles. The van der Waals surface area contributed by atoms with Crippen LogP contribution in [0.3, 0.4) is 0 Å². The Labute approximate surface area is 127 Å². The molecule has 0 atom stereocenters. The molecule has 0 fully saturated rings. The van der Waals surface area contributed by atoms with Gasteiger partial charge in [-0.15, -0.1) is 11.8 Å². The maximum absolute atomic E-state index is 12.3. The van der Waals surface area contributed by atoms with E-state index in [2.05, 4.69) is 4.72 Å². The van der Waals surface area contributed by atoms with Crippen LogP contribution >= 0.6 is 23.4 Å². The monoisotopic (exact) mass is 328 g/mol. The Balaban J connectivity index is 2.32. The summed E-state index contributed by atoms with van der Waals surface area (Å²) >= 11 is 7.40. The zero-order chi connectivity index (χ0) is 14.8. The molecular formula is C13H13ClN2O2S2. The molecule has 0 radical (unpaired) electrons. The number of nitrogens with two attached hydrogens (primary N) is 1. The third-order valence-electron chi connectivity index (χ3n) is 2.61. The van der Waals surface area contributed by atoms with Gasteiger partial charge in [-0.1, -0.05) is 11.6 Å². The molecular weight excluding hydrogens is 316 g/mol. The van der Waals surface area contributed by atoms with Gasteiger partial charge in [0.05, 0.1) is 5.69 Å². The Morgan fingerprint density at radius 1 is 1.15 bits per heavy atom. The lowest BCUT2D eigenvalue weighted by Gasteiger charge is -2.10. The van der Waals surface area contributed by atoms with Gasteiger partial charge < -0.3 is 5.73 Å². The van der Waals surface area contributed by atoms with Crippen molar-refractivity contribution < 1.29 is 8.42 Å². The van der Waals surface area contributed by atoms with Gasteiger partial charge in [-0.2, -0.15) is 0 Å². The molecule has 0 spiro atoms. The van der Waals surface area contributed by atoms with Crippen molar-refractivity contribution in [1.29, 1.82) is 0 Å². The number of benzene rings is 2. The fourth-order valence-electron chi connectivity index (χ4n) is 1.61. The van der Waals surface area contributed by atoms with Gasteiger partial charge in [0.25, 0.3) is 10.0 Å². The molecule has 0 saturated heterocycles. The van der Waals surface area contributed by atoms with Gasteiger partial charge in [0.15, 0.2) is 0 Å². The van der Waals surface area contributed by atoms with Crippen LogP contribution in [0.4, 0.5) is 11.4 Å². The average molecular weight is 329 g/mol. The fourth-order valence-corrected chi connectivity index (χ4v) is 3.47. The van der Waals surface area contributed by atoms with Crippen molar-refractivity contribution >= 4 is 44.8 Å². The molecule has 7 heteroatoms. The van der Waals surface area contributed by atoms with Gasteiger partial charge in [0.1, 0.15) is 4.90 Å². The number of hydrogen-bond acceptors (Lipinski definition) is 4. The number of rotatable bonds is 4. The van der Waals surface area contributed by atoms with E-state index in [9.17, 15) is 8.42 Å². The predicted molar refractivity (Wildman–Crippen MR) is 84.9 cm³/mol. The van der Waals surface area contributed by atoms with Gasteiger partial charge in [0, 0.05) is 15.6 Å². The van der Waals surface area contributed by atoms with E-state index in [-0.39, 0.29) is 10.6 Å². The molecule has 2 aromatic rings. The van der Waals surface area contributed by atoms with Crippen molar-refractivity contribution in [3.63, 3.8) is 0 Å². The van der Waals surface area contributed by atoms with Gasteiger partial charge in [0.2, 0.25) is 0 Å². The quantitative estimate of drug-likeness (QED) is 0.666. The third kappa shape index (κ3) is 3.39. The van der Waals surface area contributed by atoms with Crippen LogP contribution in [0, 0.1) is 0 Å². The van der Waals surface area contributed by atoms with E-state index in [4.69, 9.17) is 17.3 Å². The van der Waals surface area contributed by atoms with Crippen molar-refractivity contribution in [1.82, 2.24) is 0 Å². The van der Waals surface area contributed by atoms with Crippen LogP contribution in [0.15, 0.2) is 52.3 Å². The Hall–Kier alpha value is -1.37.